The van der Waals surface area contributed by atoms with E-state index in [0.29, 0.717) is 24.6 Å². The molecular weight excluding hydrogens is 366 g/mol. The fourth-order valence-electron chi connectivity index (χ4n) is 4.35. The van der Waals surface area contributed by atoms with Crippen LogP contribution in [0.25, 0.3) is 22.3 Å². The second-order valence-electron chi connectivity index (χ2n) is 8.45. The van der Waals surface area contributed by atoms with Crippen molar-refractivity contribution < 1.29 is 9.21 Å². The van der Waals surface area contributed by atoms with Crippen LogP contribution >= 0.6 is 0 Å². The molecule has 154 valence electrons. The van der Waals surface area contributed by atoms with Crippen LogP contribution in [-0.4, -0.2) is 44.7 Å². The van der Waals surface area contributed by atoms with Crippen LogP contribution in [0.2, 0.25) is 0 Å². The molecule has 4 heterocycles. The number of carbonyl (C=O) groups excluding carboxylic acids is 1. The van der Waals surface area contributed by atoms with Gasteiger partial charge in [0.05, 0.1) is 22.8 Å². The van der Waals surface area contributed by atoms with Gasteiger partial charge in [-0.3, -0.25) is 4.79 Å². The Hall–Kier alpha value is -2.67. The fourth-order valence-corrected chi connectivity index (χ4v) is 4.35. The lowest BCUT2D eigenvalue weighted by atomic mass is 10.1. The molecule has 0 saturated carbocycles. The molecule has 1 saturated heterocycles. The first kappa shape index (κ1) is 19.6. The SMILES string of the molecule is Cc1cc(-c2cc(C(=O)N3CC(CN)CC3C)c3cnn(C(C)C)c3n2)c(C)o1. The molecule has 0 aromatic carbocycles. The summed E-state index contributed by atoms with van der Waals surface area (Å²) >= 11 is 0. The molecule has 2 unspecified atom stereocenters. The Morgan fingerprint density at radius 1 is 1.34 bits per heavy atom. The van der Waals surface area contributed by atoms with Crippen LogP contribution in [-0.2, 0) is 0 Å². The predicted molar refractivity (Wildman–Crippen MR) is 113 cm³/mol. The molecule has 7 heteroatoms. The molecule has 3 aromatic rings. The van der Waals surface area contributed by atoms with Crippen molar-refractivity contribution in [2.75, 3.05) is 13.1 Å². The summed E-state index contributed by atoms with van der Waals surface area (Å²) in [4.78, 5) is 20.4. The standard InChI is InChI=1S/C22H29N5O2/c1-12(2)27-21-19(10-24-27)18(22(28)26-11-16(9-23)6-13(26)3)8-20(25-21)17-7-14(4)29-15(17)5/h7-8,10,12-13,16H,6,9,11,23H2,1-5H3. The van der Waals surface area contributed by atoms with Crippen molar-refractivity contribution in [2.45, 2.75) is 53.1 Å². The van der Waals surface area contributed by atoms with E-state index in [-0.39, 0.29) is 18.0 Å². The third-order valence-corrected chi connectivity index (χ3v) is 5.86. The number of fused-ring (bicyclic) bond motifs is 1. The summed E-state index contributed by atoms with van der Waals surface area (Å²) < 4.78 is 7.58. The van der Waals surface area contributed by atoms with E-state index in [1.807, 2.05) is 35.6 Å². The van der Waals surface area contributed by atoms with Crippen molar-refractivity contribution >= 4 is 16.9 Å². The Bertz CT molecular complexity index is 1060. The van der Waals surface area contributed by atoms with Gasteiger partial charge in [-0.2, -0.15) is 5.10 Å². The molecule has 0 spiro atoms. The molecule has 29 heavy (non-hydrogen) atoms. The molecule has 0 radical (unpaired) electrons. The van der Waals surface area contributed by atoms with Crippen LogP contribution in [0.3, 0.4) is 0 Å². The van der Waals surface area contributed by atoms with Crippen molar-refractivity contribution in [1.29, 1.82) is 0 Å². The Morgan fingerprint density at radius 2 is 2.10 bits per heavy atom. The van der Waals surface area contributed by atoms with Gasteiger partial charge in [0.15, 0.2) is 5.65 Å². The van der Waals surface area contributed by atoms with Crippen LogP contribution < -0.4 is 5.73 Å². The largest absolute Gasteiger partial charge is 0.466 e. The molecule has 2 atom stereocenters. The topological polar surface area (TPSA) is 90.2 Å². The van der Waals surface area contributed by atoms with Crippen LogP contribution in [0.4, 0.5) is 0 Å². The van der Waals surface area contributed by atoms with Gasteiger partial charge in [0.1, 0.15) is 11.5 Å². The number of aryl methyl sites for hydroxylation is 2. The summed E-state index contributed by atoms with van der Waals surface area (Å²) in [6.07, 6.45) is 2.70. The smallest absolute Gasteiger partial charge is 0.254 e. The zero-order chi connectivity index (χ0) is 20.9. The number of nitrogens with two attached hydrogens (primary N) is 1. The first-order valence-corrected chi connectivity index (χ1v) is 10.3. The van der Waals surface area contributed by atoms with E-state index in [9.17, 15) is 4.79 Å². The van der Waals surface area contributed by atoms with Crippen molar-refractivity contribution in [3.8, 4) is 11.3 Å². The van der Waals surface area contributed by atoms with Gasteiger partial charge in [-0.05, 0) is 65.6 Å². The molecule has 1 amide bonds. The van der Waals surface area contributed by atoms with Crippen molar-refractivity contribution in [1.82, 2.24) is 19.7 Å². The number of pyridine rings is 1. The average molecular weight is 396 g/mol. The zero-order valence-corrected chi connectivity index (χ0v) is 17.8. The molecule has 1 aliphatic rings. The first-order chi connectivity index (χ1) is 13.8. The maximum absolute atomic E-state index is 13.6. The summed E-state index contributed by atoms with van der Waals surface area (Å²) in [5, 5.41) is 5.30. The van der Waals surface area contributed by atoms with E-state index < -0.39 is 0 Å². The van der Waals surface area contributed by atoms with E-state index >= 15 is 0 Å². The van der Waals surface area contributed by atoms with E-state index in [4.69, 9.17) is 15.1 Å². The monoisotopic (exact) mass is 395 g/mol. The second kappa shape index (κ2) is 7.30. The zero-order valence-electron chi connectivity index (χ0n) is 17.8. The number of amides is 1. The molecule has 1 aliphatic heterocycles. The van der Waals surface area contributed by atoms with Gasteiger partial charge in [0, 0.05) is 24.2 Å². The van der Waals surface area contributed by atoms with Gasteiger partial charge in [0.25, 0.3) is 5.91 Å². The predicted octanol–water partition coefficient (Wildman–Crippen LogP) is 3.70. The number of hydrogen-bond acceptors (Lipinski definition) is 5. The maximum Gasteiger partial charge on any atom is 0.254 e. The molecule has 0 aliphatic carbocycles. The van der Waals surface area contributed by atoms with E-state index in [1.54, 1.807) is 6.20 Å². The van der Waals surface area contributed by atoms with Gasteiger partial charge in [0.2, 0.25) is 0 Å². The Labute approximate surface area is 170 Å². The highest BCUT2D eigenvalue weighted by molar-refractivity contribution is 6.06. The third-order valence-electron chi connectivity index (χ3n) is 5.86. The van der Waals surface area contributed by atoms with Gasteiger partial charge in [-0.25, -0.2) is 9.67 Å². The Kier molecular flexibility index (Phi) is 4.94. The number of furan rings is 1. The average Bonchev–Trinajstić information content (AvgIpc) is 3.36. The highest BCUT2D eigenvalue weighted by atomic mass is 16.3. The van der Waals surface area contributed by atoms with Crippen LogP contribution in [0.1, 0.15) is 55.1 Å². The van der Waals surface area contributed by atoms with E-state index in [1.165, 1.54) is 0 Å². The van der Waals surface area contributed by atoms with E-state index in [2.05, 4.69) is 25.9 Å². The van der Waals surface area contributed by atoms with Gasteiger partial charge in [-0.1, -0.05) is 0 Å². The lowest BCUT2D eigenvalue weighted by Crippen LogP contribution is -2.34. The Balaban J connectivity index is 1.88. The molecule has 1 fully saturated rings. The summed E-state index contributed by atoms with van der Waals surface area (Å²) in [7, 11) is 0. The molecule has 3 aromatic heterocycles. The molecular formula is C22H29N5O2. The lowest BCUT2D eigenvalue weighted by Gasteiger charge is -2.22. The molecule has 7 nitrogen and oxygen atoms in total. The summed E-state index contributed by atoms with van der Waals surface area (Å²) in [5.74, 6) is 1.98. The summed E-state index contributed by atoms with van der Waals surface area (Å²) in [5.41, 5.74) is 8.88. The van der Waals surface area contributed by atoms with Crippen LogP contribution in [0.5, 0.6) is 0 Å². The van der Waals surface area contributed by atoms with E-state index in [0.717, 1.165) is 40.2 Å². The quantitative estimate of drug-likeness (QED) is 0.727. The molecule has 0 bridgehead atoms. The number of likely N-dealkylation sites (tertiary alicyclic amines) is 1. The highest BCUT2D eigenvalue weighted by Crippen LogP contribution is 2.32. The number of rotatable bonds is 4. The number of aromatic nitrogens is 3. The fraction of sp³-hybridized carbons (Fsp3) is 0.500. The van der Waals surface area contributed by atoms with Gasteiger partial charge < -0.3 is 15.1 Å². The normalized spacial score (nSPS) is 19.6. The van der Waals surface area contributed by atoms with Crippen molar-refractivity contribution in [2.24, 2.45) is 11.7 Å². The number of nitrogens with zero attached hydrogens (tertiary/aromatic N) is 4. The highest BCUT2D eigenvalue weighted by Gasteiger charge is 2.33. The minimum Gasteiger partial charge on any atom is -0.466 e. The van der Waals surface area contributed by atoms with Crippen molar-refractivity contribution in [3.05, 3.63) is 35.4 Å². The third kappa shape index (κ3) is 3.33. The second-order valence-corrected chi connectivity index (χ2v) is 8.45. The number of hydrogen-bond donors (Lipinski definition) is 1. The molecule has 2 N–H and O–H groups in total. The van der Waals surface area contributed by atoms with Crippen LogP contribution in [0, 0.1) is 19.8 Å². The minimum atomic E-state index is 0.0169. The van der Waals surface area contributed by atoms with Crippen LogP contribution in [0.15, 0.2) is 22.7 Å². The lowest BCUT2D eigenvalue weighted by molar-refractivity contribution is 0.0745. The summed E-state index contributed by atoms with van der Waals surface area (Å²) in [6.45, 7) is 11.3. The molecule has 4 rings (SSSR count). The minimum absolute atomic E-state index is 0.0169. The van der Waals surface area contributed by atoms with Gasteiger partial charge in [-0.15, -0.1) is 0 Å². The number of carbonyl (C=O) groups is 1. The Morgan fingerprint density at radius 3 is 2.69 bits per heavy atom. The maximum atomic E-state index is 13.6. The summed E-state index contributed by atoms with van der Waals surface area (Å²) in [6, 6.07) is 4.16. The first-order valence-electron chi connectivity index (χ1n) is 10.3. The van der Waals surface area contributed by atoms with Crippen molar-refractivity contribution in [3.63, 3.8) is 0 Å². The van der Waals surface area contributed by atoms with Gasteiger partial charge >= 0.3 is 0 Å².